The predicted molar refractivity (Wildman–Crippen MR) is 56.7 cm³/mol. The molecule has 88 valence electrons. The van der Waals surface area contributed by atoms with Crippen molar-refractivity contribution in [3.63, 3.8) is 0 Å². The molecule has 6 heteroatoms. The minimum atomic E-state index is -0.965. The highest BCUT2D eigenvalue weighted by molar-refractivity contribution is 5.72. The van der Waals surface area contributed by atoms with Gasteiger partial charge in [-0.15, -0.1) is 0 Å². The first-order chi connectivity index (χ1) is 7.54. The average molecular weight is 227 g/mol. The SMILES string of the molecule is CCC(C)N(CC(=O)O)c1ncc(F)cn1. The Morgan fingerprint density at radius 3 is 2.56 bits per heavy atom. The Kier molecular flexibility index (Phi) is 4.16. The van der Waals surface area contributed by atoms with E-state index in [1.807, 2.05) is 13.8 Å². The number of hydrogen-bond acceptors (Lipinski definition) is 4. The zero-order valence-electron chi connectivity index (χ0n) is 9.22. The normalized spacial score (nSPS) is 12.2. The fraction of sp³-hybridized carbons (Fsp3) is 0.500. The molecule has 0 aliphatic heterocycles. The average Bonchev–Trinajstić information content (AvgIpc) is 2.26. The van der Waals surface area contributed by atoms with Crippen LogP contribution in [0.4, 0.5) is 10.3 Å². The maximum absolute atomic E-state index is 12.6. The first-order valence-electron chi connectivity index (χ1n) is 5.00. The molecule has 0 amide bonds. The summed E-state index contributed by atoms with van der Waals surface area (Å²) in [6.45, 7) is 3.61. The van der Waals surface area contributed by atoms with E-state index in [-0.39, 0.29) is 18.5 Å². The van der Waals surface area contributed by atoms with E-state index in [0.29, 0.717) is 0 Å². The number of aliphatic carboxylic acids is 1. The molecule has 0 saturated heterocycles. The lowest BCUT2D eigenvalue weighted by molar-refractivity contribution is -0.135. The molecule has 1 aromatic heterocycles. The molecule has 1 atom stereocenters. The van der Waals surface area contributed by atoms with E-state index < -0.39 is 11.8 Å². The van der Waals surface area contributed by atoms with Crippen LogP contribution in [-0.2, 0) is 4.79 Å². The molecule has 0 aromatic carbocycles. The van der Waals surface area contributed by atoms with Gasteiger partial charge in [-0.1, -0.05) is 6.92 Å². The lowest BCUT2D eigenvalue weighted by Crippen LogP contribution is -2.38. The van der Waals surface area contributed by atoms with Gasteiger partial charge in [0.1, 0.15) is 6.54 Å². The van der Waals surface area contributed by atoms with E-state index >= 15 is 0 Å². The second-order valence-electron chi connectivity index (χ2n) is 3.48. The molecule has 1 rings (SSSR count). The number of halogens is 1. The van der Waals surface area contributed by atoms with E-state index in [9.17, 15) is 9.18 Å². The largest absolute Gasteiger partial charge is 0.480 e. The molecule has 16 heavy (non-hydrogen) atoms. The Morgan fingerprint density at radius 1 is 1.56 bits per heavy atom. The molecule has 0 aliphatic carbocycles. The number of nitrogens with zero attached hydrogens (tertiary/aromatic N) is 3. The summed E-state index contributed by atoms with van der Waals surface area (Å²) in [5.74, 6) is -1.27. The fourth-order valence-corrected chi connectivity index (χ4v) is 1.24. The van der Waals surface area contributed by atoms with Gasteiger partial charge in [0.25, 0.3) is 0 Å². The van der Waals surface area contributed by atoms with Crippen LogP contribution in [0.3, 0.4) is 0 Å². The monoisotopic (exact) mass is 227 g/mol. The maximum atomic E-state index is 12.6. The molecule has 0 saturated carbocycles. The molecule has 5 nitrogen and oxygen atoms in total. The summed E-state index contributed by atoms with van der Waals surface area (Å²) in [6.07, 6.45) is 2.81. The van der Waals surface area contributed by atoms with Crippen molar-refractivity contribution in [2.45, 2.75) is 26.3 Å². The van der Waals surface area contributed by atoms with Gasteiger partial charge in [0.05, 0.1) is 12.4 Å². The fourth-order valence-electron chi connectivity index (χ4n) is 1.24. The molecule has 0 spiro atoms. The first kappa shape index (κ1) is 12.4. The summed E-state index contributed by atoms with van der Waals surface area (Å²) in [5.41, 5.74) is 0. The highest BCUT2D eigenvalue weighted by atomic mass is 19.1. The molecule has 0 aliphatic rings. The summed E-state index contributed by atoms with van der Waals surface area (Å²) in [5, 5.41) is 8.77. The van der Waals surface area contributed by atoms with Gasteiger partial charge in [-0.2, -0.15) is 0 Å². The van der Waals surface area contributed by atoms with Crippen LogP contribution in [0.1, 0.15) is 20.3 Å². The van der Waals surface area contributed by atoms with E-state index in [4.69, 9.17) is 5.11 Å². The van der Waals surface area contributed by atoms with Crippen LogP contribution in [0.15, 0.2) is 12.4 Å². The van der Waals surface area contributed by atoms with Crippen LogP contribution in [-0.4, -0.2) is 33.6 Å². The minimum absolute atomic E-state index is 0.0124. The number of carbonyl (C=O) groups is 1. The lowest BCUT2D eigenvalue weighted by atomic mass is 10.2. The summed E-state index contributed by atoms with van der Waals surface area (Å²) in [4.78, 5) is 19.8. The van der Waals surface area contributed by atoms with Crippen molar-refractivity contribution < 1.29 is 14.3 Å². The standard InChI is InChI=1S/C10H14FN3O2/c1-3-7(2)14(6-9(15)16)10-12-4-8(11)5-13-10/h4-5,7H,3,6H2,1-2H3,(H,15,16). The van der Waals surface area contributed by atoms with Crippen LogP contribution in [0.2, 0.25) is 0 Å². The zero-order valence-corrected chi connectivity index (χ0v) is 9.22. The van der Waals surface area contributed by atoms with Gasteiger partial charge < -0.3 is 10.0 Å². The van der Waals surface area contributed by atoms with Crippen molar-refractivity contribution in [2.24, 2.45) is 0 Å². The van der Waals surface area contributed by atoms with Gasteiger partial charge in [-0.3, -0.25) is 4.79 Å². The molecule has 0 radical (unpaired) electrons. The summed E-state index contributed by atoms with van der Waals surface area (Å²) in [6, 6.07) is -0.0124. The van der Waals surface area contributed by atoms with Crippen LogP contribution in [0.25, 0.3) is 0 Å². The Bertz CT molecular complexity index is 356. The second-order valence-corrected chi connectivity index (χ2v) is 3.48. The van der Waals surface area contributed by atoms with Crippen LogP contribution < -0.4 is 4.90 Å². The summed E-state index contributed by atoms with van der Waals surface area (Å²) >= 11 is 0. The third kappa shape index (κ3) is 3.15. The number of hydrogen-bond donors (Lipinski definition) is 1. The molecule has 0 bridgehead atoms. The van der Waals surface area contributed by atoms with Gasteiger partial charge >= 0.3 is 5.97 Å². The van der Waals surface area contributed by atoms with Crippen LogP contribution >= 0.6 is 0 Å². The third-order valence-corrected chi connectivity index (χ3v) is 2.29. The van der Waals surface area contributed by atoms with E-state index in [1.54, 1.807) is 0 Å². The van der Waals surface area contributed by atoms with Gasteiger partial charge in [0, 0.05) is 6.04 Å². The number of anilines is 1. The Balaban J connectivity index is 2.91. The number of aromatic nitrogens is 2. The molecule has 1 aromatic rings. The van der Waals surface area contributed by atoms with Crippen molar-refractivity contribution in [2.75, 3.05) is 11.4 Å². The third-order valence-electron chi connectivity index (χ3n) is 2.29. The van der Waals surface area contributed by atoms with Crippen LogP contribution in [0.5, 0.6) is 0 Å². The van der Waals surface area contributed by atoms with Gasteiger partial charge in [0.2, 0.25) is 5.95 Å². The lowest BCUT2D eigenvalue weighted by Gasteiger charge is -2.26. The number of carboxylic acid groups (broad SMARTS) is 1. The predicted octanol–water partition coefficient (Wildman–Crippen LogP) is 1.31. The Hall–Kier alpha value is -1.72. The van der Waals surface area contributed by atoms with Crippen LogP contribution in [0, 0.1) is 5.82 Å². The quantitative estimate of drug-likeness (QED) is 0.821. The molecule has 0 fully saturated rings. The van der Waals surface area contributed by atoms with Crippen molar-refractivity contribution in [1.29, 1.82) is 0 Å². The van der Waals surface area contributed by atoms with Crippen molar-refractivity contribution in [1.82, 2.24) is 9.97 Å². The zero-order chi connectivity index (χ0) is 12.1. The molecule has 1 heterocycles. The highest BCUT2D eigenvalue weighted by Crippen LogP contribution is 2.12. The number of rotatable bonds is 5. The topological polar surface area (TPSA) is 66.3 Å². The van der Waals surface area contributed by atoms with Gasteiger partial charge in [-0.25, -0.2) is 14.4 Å². The molecule has 1 N–H and O–H groups in total. The van der Waals surface area contributed by atoms with E-state index in [2.05, 4.69) is 9.97 Å². The summed E-state index contributed by atoms with van der Waals surface area (Å²) in [7, 11) is 0. The Morgan fingerprint density at radius 2 is 2.12 bits per heavy atom. The molecule has 1 unspecified atom stereocenters. The summed E-state index contributed by atoms with van der Waals surface area (Å²) < 4.78 is 12.6. The molecular formula is C10H14FN3O2. The second kappa shape index (κ2) is 5.39. The molecular weight excluding hydrogens is 213 g/mol. The van der Waals surface area contributed by atoms with E-state index in [1.165, 1.54) is 4.90 Å². The highest BCUT2D eigenvalue weighted by Gasteiger charge is 2.18. The van der Waals surface area contributed by atoms with Crippen molar-refractivity contribution >= 4 is 11.9 Å². The Labute approximate surface area is 92.9 Å². The van der Waals surface area contributed by atoms with Gasteiger partial charge in [0.15, 0.2) is 5.82 Å². The number of carboxylic acids is 1. The van der Waals surface area contributed by atoms with Crippen molar-refractivity contribution in [3.05, 3.63) is 18.2 Å². The first-order valence-corrected chi connectivity index (χ1v) is 5.00. The van der Waals surface area contributed by atoms with Crippen molar-refractivity contribution in [3.8, 4) is 0 Å². The van der Waals surface area contributed by atoms with E-state index in [0.717, 1.165) is 18.8 Å². The minimum Gasteiger partial charge on any atom is -0.480 e. The smallest absolute Gasteiger partial charge is 0.323 e. The van der Waals surface area contributed by atoms with Gasteiger partial charge in [-0.05, 0) is 13.3 Å². The maximum Gasteiger partial charge on any atom is 0.323 e.